The van der Waals surface area contributed by atoms with E-state index in [9.17, 15) is 9.59 Å². The Balaban J connectivity index is 1.96. The number of hydrogen-bond acceptors (Lipinski definition) is 3. The van der Waals surface area contributed by atoms with Crippen LogP contribution in [0.3, 0.4) is 0 Å². The summed E-state index contributed by atoms with van der Waals surface area (Å²) >= 11 is 0. The fourth-order valence-electron chi connectivity index (χ4n) is 2.68. The van der Waals surface area contributed by atoms with E-state index in [-0.39, 0.29) is 17.8 Å². The van der Waals surface area contributed by atoms with Crippen LogP contribution in [0.1, 0.15) is 18.9 Å². The first-order valence-corrected chi connectivity index (χ1v) is 5.77. The number of anilines is 1. The molecule has 1 N–H and O–H groups in total. The summed E-state index contributed by atoms with van der Waals surface area (Å²) in [6.07, 6.45) is 0.564. The lowest BCUT2D eigenvalue weighted by Gasteiger charge is -2.07. The topological polar surface area (TPSA) is 55.4 Å². The van der Waals surface area contributed by atoms with Gasteiger partial charge in [0.2, 0.25) is 5.91 Å². The van der Waals surface area contributed by atoms with Crippen molar-refractivity contribution >= 4 is 17.6 Å². The summed E-state index contributed by atoms with van der Waals surface area (Å²) in [5, 5.41) is 2.83. The van der Waals surface area contributed by atoms with Crippen molar-refractivity contribution in [2.24, 2.45) is 5.92 Å². The Labute approximate surface area is 99.0 Å². The molecule has 1 amide bonds. The second-order valence-electron chi connectivity index (χ2n) is 4.48. The number of carbonyl (C=O) groups is 2. The zero-order valence-electron chi connectivity index (χ0n) is 9.53. The van der Waals surface area contributed by atoms with Gasteiger partial charge >= 0.3 is 5.97 Å². The number of benzene rings is 1. The second kappa shape index (κ2) is 3.32. The van der Waals surface area contributed by atoms with Crippen molar-refractivity contribution in [2.45, 2.75) is 18.8 Å². The second-order valence-corrected chi connectivity index (χ2v) is 4.48. The van der Waals surface area contributed by atoms with Gasteiger partial charge in [0.05, 0.1) is 17.9 Å². The number of hydrogen-bond donors (Lipinski definition) is 1. The molecule has 1 fully saturated rings. The molecule has 1 aliphatic heterocycles. The summed E-state index contributed by atoms with van der Waals surface area (Å²) in [4.78, 5) is 23.7. The van der Waals surface area contributed by atoms with E-state index in [2.05, 4.69) is 5.32 Å². The van der Waals surface area contributed by atoms with Crippen LogP contribution in [0.15, 0.2) is 24.3 Å². The molecule has 0 bridgehead atoms. The summed E-state index contributed by atoms with van der Waals surface area (Å²) in [6, 6.07) is 7.54. The van der Waals surface area contributed by atoms with Crippen molar-refractivity contribution in [1.82, 2.24) is 0 Å². The molecule has 17 heavy (non-hydrogen) atoms. The maximum atomic E-state index is 12.0. The van der Waals surface area contributed by atoms with Gasteiger partial charge in [0.15, 0.2) is 0 Å². The van der Waals surface area contributed by atoms with Gasteiger partial charge in [-0.3, -0.25) is 9.59 Å². The summed E-state index contributed by atoms with van der Waals surface area (Å²) in [7, 11) is 0. The molecule has 2 atom stereocenters. The fraction of sp³-hybridized carbons (Fsp3) is 0.385. The summed E-state index contributed by atoms with van der Waals surface area (Å²) in [6.45, 7) is 2.13. The molecule has 1 saturated carbocycles. The van der Waals surface area contributed by atoms with Gasteiger partial charge in [0, 0.05) is 5.69 Å². The Hall–Kier alpha value is -1.84. The Morgan fingerprint density at radius 1 is 1.53 bits per heavy atom. The van der Waals surface area contributed by atoms with Gasteiger partial charge in [-0.2, -0.15) is 0 Å². The minimum absolute atomic E-state index is 0.0725. The van der Waals surface area contributed by atoms with E-state index in [0.717, 1.165) is 11.3 Å². The normalized spacial score (nSPS) is 28.8. The first-order chi connectivity index (χ1) is 8.20. The third-order valence-electron chi connectivity index (χ3n) is 3.59. The predicted octanol–water partition coefficient (Wildman–Crippen LogP) is 1.46. The highest BCUT2D eigenvalue weighted by atomic mass is 16.5. The van der Waals surface area contributed by atoms with Crippen LogP contribution in [-0.4, -0.2) is 18.5 Å². The van der Waals surface area contributed by atoms with Crippen molar-refractivity contribution in [3.63, 3.8) is 0 Å². The van der Waals surface area contributed by atoms with Crippen molar-refractivity contribution in [3.05, 3.63) is 29.8 Å². The Kier molecular flexibility index (Phi) is 2.02. The smallest absolute Gasteiger partial charge is 0.310 e. The number of esters is 1. The van der Waals surface area contributed by atoms with Gasteiger partial charge in [0.1, 0.15) is 0 Å². The molecule has 88 valence electrons. The minimum atomic E-state index is -0.650. The summed E-state index contributed by atoms with van der Waals surface area (Å²) in [5.41, 5.74) is 1.11. The van der Waals surface area contributed by atoms with Crippen LogP contribution in [0, 0.1) is 5.92 Å². The molecular weight excluding hydrogens is 218 g/mol. The van der Waals surface area contributed by atoms with Gasteiger partial charge in [-0.15, -0.1) is 0 Å². The van der Waals surface area contributed by atoms with Gasteiger partial charge in [0.25, 0.3) is 0 Å². The van der Waals surface area contributed by atoms with Crippen LogP contribution in [0.4, 0.5) is 5.69 Å². The van der Waals surface area contributed by atoms with E-state index in [4.69, 9.17) is 4.74 Å². The van der Waals surface area contributed by atoms with Crippen LogP contribution >= 0.6 is 0 Å². The molecule has 0 saturated heterocycles. The molecule has 1 spiro atoms. The van der Waals surface area contributed by atoms with Gasteiger partial charge < -0.3 is 10.1 Å². The molecule has 0 aromatic heterocycles. The highest BCUT2D eigenvalue weighted by molar-refractivity contribution is 6.12. The van der Waals surface area contributed by atoms with Crippen molar-refractivity contribution in [2.75, 3.05) is 11.9 Å². The van der Waals surface area contributed by atoms with Crippen molar-refractivity contribution < 1.29 is 14.3 Å². The molecule has 4 heteroatoms. The lowest BCUT2D eigenvalue weighted by molar-refractivity contribution is -0.146. The molecule has 0 radical (unpaired) electrons. The lowest BCUT2D eigenvalue weighted by atomic mass is 9.95. The van der Waals surface area contributed by atoms with Gasteiger partial charge in [-0.1, -0.05) is 18.2 Å². The van der Waals surface area contributed by atoms with Crippen LogP contribution in [0.2, 0.25) is 0 Å². The van der Waals surface area contributed by atoms with Crippen LogP contribution in [0.5, 0.6) is 0 Å². The van der Waals surface area contributed by atoms with Crippen LogP contribution < -0.4 is 5.32 Å². The van der Waals surface area contributed by atoms with Crippen molar-refractivity contribution in [3.8, 4) is 0 Å². The number of fused-ring (bicyclic) bond motifs is 2. The average molecular weight is 231 g/mol. The van der Waals surface area contributed by atoms with Crippen molar-refractivity contribution in [1.29, 1.82) is 0 Å². The number of rotatable bonds is 2. The fourth-order valence-corrected chi connectivity index (χ4v) is 2.68. The van der Waals surface area contributed by atoms with E-state index in [0.29, 0.717) is 13.0 Å². The maximum Gasteiger partial charge on any atom is 0.310 e. The Morgan fingerprint density at radius 2 is 2.29 bits per heavy atom. The number of nitrogens with one attached hydrogen (secondary N) is 1. The monoisotopic (exact) mass is 231 g/mol. The van der Waals surface area contributed by atoms with Crippen LogP contribution in [-0.2, 0) is 19.7 Å². The van der Waals surface area contributed by atoms with Gasteiger partial charge in [-0.25, -0.2) is 0 Å². The lowest BCUT2D eigenvalue weighted by Crippen LogP contribution is -2.25. The Morgan fingerprint density at radius 3 is 3.06 bits per heavy atom. The van der Waals surface area contributed by atoms with E-state index in [1.807, 2.05) is 24.3 Å². The van der Waals surface area contributed by atoms with Crippen LogP contribution in [0.25, 0.3) is 0 Å². The zero-order chi connectivity index (χ0) is 12.0. The first kappa shape index (κ1) is 10.3. The number of amides is 1. The molecular formula is C13H13NO3. The number of carbonyl (C=O) groups excluding carboxylic acids is 2. The van der Waals surface area contributed by atoms with Gasteiger partial charge in [-0.05, 0) is 25.0 Å². The standard InChI is InChI=1S/C13H13NO3/c1-2-17-11(15)9-7-13(9)8-5-3-4-6-10(8)14-12(13)16/h3-6,9H,2,7H2,1H3,(H,14,16)/t9-,13?/m1/s1. The quantitative estimate of drug-likeness (QED) is 0.784. The Bertz CT molecular complexity index is 511. The van der Waals surface area contributed by atoms with E-state index < -0.39 is 5.41 Å². The highest BCUT2D eigenvalue weighted by Crippen LogP contribution is 2.60. The first-order valence-electron chi connectivity index (χ1n) is 5.77. The maximum absolute atomic E-state index is 12.0. The SMILES string of the molecule is CCOC(=O)[C@H]1CC12C(=O)Nc1ccccc12. The number of para-hydroxylation sites is 1. The summed E-state index contributed by atoms with van der Waals surface area (Å²) in [5.74, 6) is -0.651. The largest absolute Gasteiger partial charge is 0.466 e. The number of ether oxygens (including phenoxy) is 1. The van der Waals surface area contributed by atoms with E-state index >= 15 is 0 Å². The minimum Gasteiger partial charge on any atom is -0.466 e. The van der Waals surface area contributed by atoms with E-state index in [1.165, 1.54) is 0 Å². The summed E-state index contributed by atoms with van der Waals surface area (Å²) < 4.78 is 5.00. The molecule has 1 aromatic carbocycles. The molecule has 1 heterocycles. The third kappa shape index (κ3) is 1.24. The highest BCUT2D eigenvalue weighted by Gasteiger charge is 2.68. The zero-order valence-corrected chi connectivity index (χ0v) is 9.53. The molecule has 3 rings (SSSR count). The molecule has 4 nitrogen and oxygen atoms in total. The molecule has 1 aromatic rings. The average Bonchev–Trinajstić information content (AvgIpc) is 3.00. The van der Waals surface area contributed by atoms with E-state index in [1.54, 1.807) is 6.92 Å². The molecule has 2 aliphatic rings. The predicted molar refractivity (Wildman–Crippen MR) is 61.5 cm³/mol. The molecule has 1 unspecified atom stereocenters. The third-order valence-corrected chi connectivity index (χ3v) is 3.59. The molecule has 1 aliphatic carbocycles.